The van der Waals surface area contributed by atoms with Crippen LogP contribution in [0.3, 0.4) is 0 Å². The summed E-state index contributed by atoms with van der Waals surface area (Å²) in [6.07, 6.45) is 24.9. The number of ether oxygens (including phenoxy) is 1. The Bertz CT molecular complexity index is 297. The predicted octanol–water partition coefficient (Wildman–Crippen LogP) is 7.92. The minimum Gasteiger partial charge on any atom is -0.378 e. The smallest absolute Gasteiger partial charge is 0.0575 e. The van der Waals surface area contributed by atoms with Crippen LogP contribution in [0.25, 0.3) is 0 Å². The summed E-state index contributed by atoms with van der Waals surface area (Å²) in [5.41, 5.74) is 0. The van der Waals surface area contributed by atoms with Crippen LogP contribution in [0.5, 0.6) is 0 Å². The normalized spacial score (nSPS) is 30.5. The van der Waals surface area contributed by atoms with E-state index in [1.165, 1.54) is 109 Å². The van der Waals surface area contributed by atoms with Crippen LogP contribution in [0.4, 0.5) is 0 Å². The maximum atomic E-state index is 6.15. The van der Waals surface area contributed by atoms with E-state index in [2.05, 4.69) is 13.8 Å². The summed E-state index contributed by atoms with van der Waals surface area (Å²) < 4.78 is 6.15. The van der Waals surface area contributed by atoms with Gasteiger partial charge in [-0.1, -0.05) is 78.1 Å². The molecule has 0 spiro atoms. The van der Waals surface area contributed by atoms with Crippen molar-refractivity contribution in [3.8, 4) is 0 Å². The van der Waals surface area contributed by atoms with Crippen molar-refractivity contribution in [1.82, 2.24) is 0 Å². The van der Waals surface area contributed by atoms with Crippen LogP contribution in [0.2, 0.25) is 0 Å². The lowest BCUT2D eigenvalue weighted by Crippen LogP contribution is -2.28. The zero-order valence-electron chi connectivity index (χ0n) is 17.4. The van der Waals surface area contributed by atoms with Gasteiger partial charge in [0.25, 0.3) is 0 Å². The van der Waals surface area contributed by atoms with E-state index in [4.69, 9.17) is 4.74 Å². The van der Waals surface area contributed by atoms with Crippen molar-refractivity contribution >= 4 is 0 Å². The summed E-state index contributed by atoms with van der Waals surface area (Å²) in [4.78, 5) is 0. The third kappa shape index (κ3) is 8.46. The number of unbranched alkanes of at least 4 members (excludes halogenated alkanes) is 6. The first-order valence-electron chi connectivity index (χ1n) is 11.9. The molecule has 2 saturated carbocycles. The molecule has 0 aromatic carbocycles. The largest absolute Gasteiger partial charge is 0.378 e. The molecule has 25 heavy (non-hydrogen) atoms. The van der Waals surface area contributed by atoms with Crippen LogP contribution in [0.15, 0.2) is 0 Å². The summed E-state index contributed by atoms with van der Waals surface area (Å²) in [5, 5.41) is 0. The van der Waals surface area contributed by atoms with Gasteiger partial charge in [-0.25, -0.2) is 0 Å². The van der Waals surface area contributed by atoms with E-state index in [9.17, 15) is 0 Å². The van der Waals surface area contributed by atoms with Gasteiger partial charge in [-0.3, -0.25) is 0 Å². The molecule has 0 unspecified atom stereocenters. The zero-order chi connectivity index (χ0) is 17.7. The minimum atomic E-state index is 0.591. The SMILES string of the molecule is CCCCCCO[C@H]1CC[C@H](C2CCC(CCCCCC)CC2)CC1. The van der Waals surface area contributed by atoms with Crippen LogP contribution in [0, 0.1) is 17.8 Å². The summed E-state index contributed by atoms with van der Waals surface area (Å²) in [7, 11) is 0. The highest BCUT2D eigenvalue weighted by Gasteiger charge is 2.30. The van der Waals surface area contributed by atoms with Gasteiger partial charge < -0.3 is 4.74 Å². The lowest BCUT2D eigenvalue weighted by atomic mass is 9.70. The summed E-state index contributed by atoms with van der Waals surface area (Å²) in [5.74, 6) is 3.15. The van der Waals surface area contributed by atoms with Gasteiger partial charge in [0.1, 0.15) is 0 Å². The molecule has 2 fully saturated rings. The van der Waals surface area contributed by atoms with Crippen LogP contribution in [-0.2, 0) is 4.74 Å². The third-order valence-electron chi connectivity index (χ3n) is 7.09. The molecule has 0 N–H and O–H groups in total. The second-order valence-electron chi connectivity index (χ2n) is 9.10. The van der Waals surface area contributed by atoms with Gasteiger partial charge in [-0.2, -0.15) is 0 Å². The Hall–Kier alpha value is -0.0400. The van der Waals surface area contributed by atoms with Crippen molar-refractivity contribution in [2.75, 3.05) is 6.61 Å². The van der Waals surface area contributed by atoms with Gasteiger partial charge in [-0.05, 0) is 62.7 Å². The van der Waals surface area contributed by atoms with Gasteiger partial charge in [0.15, 0.2) is 0 Å². The summed E-state index contributed by atoms with van der Waals surface area (Å²) in [6.45, 7) is 5.61. The Morgan fingerprint density at radius 2 is 1.16 bits per heavy atom. The number of hydrogen-bond acceptors (Lipinski definition) is 1. The quantitative estimate of drug-likeness (QED) is 0.325. The minimum absolute atomic E-state index is 0.591. The van der Waals surface area contributed by atoms with E-state index in [0.29, 0.717) is 6.10 Å². The van der Waals surface area contributed by atoms with Crippen molar-refractivity contribution in [3.63, 3.8) is 0 Å². The molecule has 0 aliphatic heterocycles. The lowest BCUT2D eigenvalue weighted by Gasteiger charge is -2.38. The predicted molar refractivity (Wildman–Crippen MR) is 110 cm³/mol. The molecule has 2 aliphatic carbocycles. The van der Waals surface area contributed by atoms with E-state index in [-0.39, 0.29) is 0 Å². The second kappa shape index (κ2) is 13.2. The Morgan fingerprint density at radius 3 is 1.76 bits per heavy atom. The highest BCUT2D eigenvalue weighted by Crippen LogP contribution is 2.41. The maximum Gasteiger partial charge on any atom is 0.0575 e. The van der Waals surface area contributed by atoms with Crippen LogP contribution in [0.1, 0.15) is 123 Å². The standard InChI is InChI=1S/C24H46O/c1-3-5-7-9-11-21-12-14-22(15-13-21)23-16-18-24(19-17-23)25-20-10-8-6-4-2/h21-24H,3-20H2,1-2H3/t21?,22?,23-,24-. The molecule has 0 atom stereocenters. The molecule has 0 aromatic heterocycles. The molecule has 1 heteroatoms. The molecular formula is C24H46O. The van der Waals surface area contributed by atoms with E-state index < -0.39 is 0 Å². The van der Waals surface area contributed by atoms with Crippen molar-refractivity contribution in [2.24, 2.45) is 17.8 Å². The Balaban J connectivity index is 1.52. The number of rotatable bonds is 12. The summed E-state index contributed by atoms with van der Waals surface area (Å²) >= 11 is 0. The molecule has 2 aliphatic rings. The third-order valence-corrected chi connectivity index (χ3v) is 7.09. The second-order valence-corrected chi connectivity index (χ2v) is 9.10. The molecular weight excluding hydrogens is 304 g/mol. The molecule has 0 amide bonds. The van der Waals surface area contributed by atoms with Crippen molar-refractivity contribution < 1.29 is 4.74 Å². The molecule has 0 bridgehead atoms. The Labute approximate surface area is 158 Å². The fraction of sp³-hybridized carbons (Fsp3) is 1.00. The van der Waals surface area contributed by atoms with Gasteiger partial charge >= 0.3 is 0 Å². The molecule has 0 saturated heterocycles. The first kappa shape index (κ1) is 21.3. The topological polar surface area (TPSA) is 9.23 Å². The van der Waals surface area contributed by atoms with E-state index in [0.717, 1.165) is 24.4 Å². The molecule has 0 aromatic rings. The fourth-order valence-corrected chi connectivity index (χ4v) is 5.31. The van der Waals surface area contributed by atoms with Gasteiger partial charge in [0.2, 0.25) is 0 Å². The Morgan fingerprint density at radius 1 is 0.600 bits per heavy atom. The monoisotopic (exact) mass is 350 g/mol. The van der Waals surface area contributed by atoms with E-state index in [1.807, 2.05) is 0 Å². The van der Waals surface area contributed by atoms with Crippen molar-refractivity contribution in [2.45, 2.75) is 129 Å². The van der Waals surface area contributed by atoms with Crippen LogP contribution in [-0.4, -0.2) is 12.7 Å². The molecule has 0 radical (unpaired) electrons. The first-order chi connectivity index (χ1) is 12.3. The molecule has 148 valence electrons. The van der Waals surface area contributed by atoms with Gasteiger partial charge in [0, 0.05) is 6.61 Å². The molecule has 1 nitrogen and oxygen atoms in total. The first-order valence-corrected chi connectivity index (χ1v) is 11.9. The van der Waals surface area contributed by atoms with Crippen molar-refractivity contribution in [3.05, 3.63) is 0 Å². The summed E-state index contributed by atoms with van der Waals surface area (Å²) in [6, 6.07) is 0. The zero-order valence-corrected chi connectivity index (χ0v) is 17.4. The van der Waals surface area contributed by atoms with Crippen molar-refractivity contribution in [1.29, 1.82) is 0 Å². The van der Waals surface area contributed by atoms with E-state index in [1.54, 1.807) is 0 Å². The van der Waals surface area contributed by atoms with Crippen LogP contribution < -0.4 is 0 Å². The highest BCUT2D eigenvalue weighted by molar-refractivity contribution is 4.82. The lowest BCUT2D eigenvalue weighted by molar-refractivity contribution is 0.00529. The average molecular weight is 351 g/mol. The molecule has 2 rings (SSSR count). The average Bonchev–Trinajstić information content (AvgIpc) is 2.66. The Kier molecular flexibility index (Phi) is 11.2. The van der Waals surface area contributed by atoms with Gasteiger partial charge in [0.05, 0.1) is 6.10 Å². The fourth-order valence-electron chi connectivity index (χ4n) is 5.31. The molecule has 0 heterocycles. The highest BCUT2D eigenvalue weighted by atomic mass is 16.5. The number of hydrogen-bond donors (Lipinski definition) is 0. The van der Waals surface area contributed by atoms with E-state index >= 15 is 0 Å². The van der Waals surface area contributed by atoms with Gasteiger partial charge in [-0.15, -0.1) is 0 Å². The maximum absolute atomic E-state index is 6.15. The van der Waals surface area contributed by atoms with Crippen LogP contribution >= 0.6 is 0 Å².